The Hall–Kier alpha value is -0.710. The van der Waals surface area contributed by atoms with Crippen LogP contribution in [0.3, 0.4) is 0 Å². The molecular formula is C17H27ClN2OS. The number of hydrogen-bond acceptors (Lipinski definition) is 3. The van der Waals surface area contributed by atoms with Crippen LogP contribution >= 0.6 is 23.4 Å². The van der Waals surface area contributed by atoms with E-state index in [4.69, 9.17) is 11.6 Å². The summed E-state index contributed by atoms with van der Waals surface area (Å²) in [5.74, 6) is 0.477. The van der Waals surface area contributed by atoms with Crippen molar-refractivity contribution in [2.24, 2.45) is 0 Å². The number of rotatable bonds is 10. The van der Waals surface area contributed by atoms with Crippen LogP contribution < -0.4 is 5.32 Å². The van der Waals surface area contributed by atoms with Crippen LogP contribution in [0.2, 0.25) is 5.02 Å². The summed E-state index contributed by atoms with van der Waals surface area (Å²) < 4.78 is 0. The molecule has 0 radical (unpaired) electrons. The van der Waals surface area contributed by atoms with Crippen molar-refractivity contribution in [2.75, 3.05) is 25.4 Å². The van der Waals surface area contributed by atoms with Gasteiger partial charge in [0.25, 0.3) is 0 Å². The summed E-state index contributed by atoms with van der Waals surface area (Å²) in [6, 6.07) is 7.83. The second-order valence-corrected chi connectivity index (χ2v) is 6.78. The Bertz CT molecular complexity index is 452. The lowest BCUT2D eigenvalue weighted by Crippen LogP contribution is -2.34. The minimum absolute atomic E-state index is 0.0697. The zero-order chi connectivity index (χ0) is 16.4. The molecule has 5 heteroatoms. The summed E-state index contributed by atoms with van der Waals surface area (Å²) in [5, 5.41) is 3.76. The number of halogens is 1. The molecule has 22 heavy (non-hydrogen) atoms. The van der Waals surface area contributed by atoms with Crippen LogP contribution in [0, 0.1) is 0 Å². The lowest BCUT2D eigenvalue weighted by Gasteiger charge is -2.19. The number of nitrogens with zero attached hydrogens (tertiary/aromatic N) is 1. The van der Waals surface area contributed by atoms with E-state index in [9.17, 15) is 4.79 Å². The second-order valence-electron chi connectivity index (χ2n) is 5.36. The van der Waals surface area contributed by atoms with Crippen LogP contribution in [-0.2, 0) is 4.79 Å². The number of thioether (sulfide) groups is 1. The Morgan fingerprint density at radius 2 is 2.00 bits per heavy atom. The molecule has 1 N–H and O–H groups in total. The average Bonchev–Trinajstić information content (AvgIpc) is 2.51. The Labute approximate surface area is 143 Å². The van der Waals surface area contributed by atoms with Gasteiger partial charge in [-0.2, -0.15) is 0 Å². The maximum Gasteiger partial charge on any atom is 0.230 e. The minimum atomic E-state index is 0.0697. The summed E-state index contributed by atoms with van der Waals surface area (Å²) in [7, 11) is 0. The van der Waals surface area contributed by atoms with Gasteiger partial charge >= 0.3 is 0 Å². The number of amides is 1. The van der Waals surface area contributed by atoms with Crippen molar-refractivity contribution in [1.29, 1.82) is 0 Å². The Kier molecular flexibility index (Phi) is 9.60. The van der Waals surface area contributed by atoms with Crippen LogP contribution in [0.4, 0.5) is 0 Å². The topological polar surface area (TPSA) is 32.3 Å². The fraction of sp³-hybridized carbons (Fsp3) is 0.588. The van der Waals surface area contributed by atoms with E-state index in [0.29, 0.717) is 10.8 Å². The summed E-state index contributed by atoms with van der Waals surface area (Å²) in [5.41, 5.74) is 0. The van der Waals surface area contributed by atoms with Gasteiger partial charge in [0.1, 0.15) is 0 Å². The molecule has 0 bridgehead atoms. The molecule has 0 heterocycles. The Morgan fingerprint density at radius 3 is 2.64 bits per heavy atom. The summed E-state index contributed by atoms with van der Waals surface area (Å²) in [6.45, 7) is 9.71. The molecule has 124 valence electrons. The van der Waals surface area contributed by atoms with Crippen LogP contribution in [0.25, 0.3) is 0 Å². The van der Waals surface area contributed by atoms with Gasteiger partial charge in [0.05, 0.1) is 10.8 Å². The molecular weight excluding hydrogens is 316 g/mol. The lowest BCUT2D eigenvalue weighted by atomic mass is 10.2. The maximum atomic E-state index is 12.0. The first-order valence-electron chi connectivity index (χ1n) is 7.95. The highest BCUT2D eigenvalue weighted by molar-refractivity contribution is 8.00. The van der Waals surface area contributed by atoms with Crippen molar-refractivity contribution in [1.82, 2.24) is 10.2 Å². The van der Waals surface area contributed by atoms with Crippen molar-refractivity contribution < 1.29 is 4.79 Å². The molecule has 0 fully saturated rings. The minimum Gasteiger partial charge on any atom is -0.353 e. The molecule has 0 aliphatic heterocycles. The molecule has 0 saturated heterocycles. The largest absolute Gasteiger partial charge is 0.353 e. The predicted octanol–water partition coefficient (Wildman–Crippen LogP) is 4.06. The average molecular weight is 343 g/mol. The van der Waals surface area contributed by atoms with Crippen molar-refractivity contribution in [2.45, 2.75) is 44.6 Å². The van der Waals surface area contributed by atoms with Gasteiger partial charge in [-0.25, -0.2) is 0 Å². The van der Waals surface area contributed by atoms with Crippen molar-refractivity contribution >= 4 is 29.3 Å². The van der Waals surface area contributed by atoms with Crippen LogP contribution in [-0.4, -0.2) is 42.2 Å². The van der Waals surface area contributed by atoms with Gasteiger partial charge in [-0.1, -0.05) is 37.6 Å². The first-order chi connectivity index (χ1) is 10.6. The lowest BCUT2D eigenvalue weighted by molar-refractivity contribution is -0.119. The predicted molar refractivity (Wildman–Crippen MR) is 96.8 cm³/mol. The molecule has 0 spiro atoms. The van der Waals surface area contributed by atoms with Gasteiger partial charge in [-0.05, 0) is 51.5 Å². The number of benzene rings is 1. The van der Waals surface area contributed by atoms with Crippen molar-refractivity contribution in [3.05, 3.63) is 29.3 Å². The van der Waals surface area contributed by atoms with Crippen LogP contribution in [0.5, 0.6) is 0 Å². The number of carbonyl (C=O) groups excluding carboxylic acids is 1. The SMILES string of the molecule is CCN(CC)CCC[C@H](C)NC(=O)CSc1ccccc1Cl. The highest BCUT2D eigenvalue weighted by atomic mass is 35.5. The first kappa shape index (κ1) is 19.3. The Balaban J connectivity index is 2.22. The third-order valence-corrected chi connectivity index (χ3v) is 5.12. The van der Waals surface area contributed by atoms with Crippen LogP contribution in [0.15, 0.2) is 29.2 Å². The van der Waals surface area contributed by atoms with E-state index >= 15 is 0 Å². The fourth-order valence-corrected chi connectivity index (χ4v) is 3.30. The second kappa shape index (κ2) is 10.9. The normalized spacial score (nSPS) is 12.4. The molecule has 0 aliphatic rings. The molecule has 1 rings (SSSR count). The first-order valence-corrected chi connectivity index (χ1v) is 9.32. The molecule has 3 nitrogen and oxygen atoms in total. The number of nitrogens with one attached hydrogen (secondary N) is 1. The van der Waals surface area contributed by atoms with Gasteiger partial charge in [0.2, 0.25) is 5.91 Å². The standard InChI is InChI=1S/C17H27ClN2OS/c1-4-20(5-2)12-8-9-14(3)19-17(21)13-22-16-11-7-6-10-15(16)18/h6-7,10-11,14H,4-5,8-9,12-13H2,1-3H3,(H,19,21)/t14-/m0/s1. The Morgan fingerprint density at radius 1 is 1.32 bits per heavy atom. The van der Waals surface area contributed by atoms with Crippen molar-refractivity contribution in [3.8, 4) is 0 Å². The van der Waals surface area contributed by atoms with E-state index in [0.717, 1.165) is 37.4 Å². The zero-order valence-electron chi connectivity index (χ0n) is 13.8. The molecule has 1 amide bonds. The molecule has 0 aliphatic carbocycles. The van der Waals surface area contributed by atoms with E-state index in [2.05, 4.69) is 31.0 Å². The van der Waals surface area contributed by atoms with Gasteiger partial charge in [0, 0.05) is 10.9 Å². The molecule has 1 aromatic rings. The van der Waals surface area contributed by atoms with Gasteiger partial charge in [-0.15, -0.1) is 11.8 Å². The molecule has 1 aromatic carbocycles. The van der Waals surface area contributed by atoms with Crippen molar-refractivity contribution in [3.63, 3.8) is 0 Å². The third-order valence-electron chi connectivity index (χ3n) is 3.61. The van der Waals surface area contributed by atoms with Gasteiger partial charge in [-0.3, -0.25) is 4.79 Å². The maximum absolute atomic E-state index is 12.0. The zero-order valence-corrected chi connectivity index (χ0v) is 15.3. The highest BCUT2D eigenvalue weighted by Gasteiger charge is 2.09. The van der Waals surface area contributed by atoms with Gasteiger partial charge < -0.3 is 10.2 Å². The third kappa shape index (κ3) is 7.52. The fourth-order valence-electron chi connectivity index (χ4n) is 2.25. The molecule has 0 unspecified atom stereocenters. The summed E-state index contributed by atoms with van der Waals surface area (Å²) >= 11 is 7.56. The molecule has 1 atom stereocenters. The molecule has 0 aromatic heterocycles. The van der Waals surface area contributed by atoms with Crippen LogP contribution in [0.1, 0.15) is 33.6 Å². The van der Waals surface area contributed by atoms with E-state index in [1.807, 2.05) is 24.3 Å². The monoisotopic (exact) mass is 342 g/mol. The molecule has 0 saturated carbocycles. The summed E-state index contributed by atoms with van der Waals surface area (Å²) in [4.78, 5) is 15.3. The highest BCUT2D eigenvalue weighted by Crippen LogP contribution is 2.26. The van der Waals surface area contributed by atoms with E-state index < -0.39 is 0 Å². The number of carbonyl (C=O) groups is 1. The number of hydrogen-bond donors (Lipinski definition) is 1. The van der Waals surface area contributed by atoms with E-state index in [1.165, 1.54) is 11.8 Å². The van der Waals surface area contributed by atoms with E-state index in [-0.39, 0.29) is 11.9 Å². The smallest absolute Gasteiger partial charge is 0.230 e. The summed E-state index contributed by atoms with van der Waals surface area (Å²) in [6.07, 6.45) is 2.12. The van der Waals surface area contributed by atoms with E-state index in [1.54, 1.807) is 0 Å². The van der Waals surface area contributed by atoms with Gasteiger partial charge in [0.15, 0.2) is 0 Å². The quantitative estimate of drug-likeness (QED) is 0.651.